The Morgan fingerprint density at radius 3 is 2.47 bits per heavy atom. The van der Waals surface area contributed by atoms with Gasteiger partial charge in [0, 0.05) is 5.75 Å². The van der Waals surface area contributed by atoms with Crippen LogP contribution in [0.15, 0.2) is 0 Å². The number of nitrogens with two attached hydrogens (primary N) is 1. The van der Waals surface area contributed by atoms with Crippen molar-refractivity contribution in [3.8, 4) is 0 Å². The molecule has 0 spiro atoms. The SMILES string of the molecule is CC(SCC1(CC(=O)O)CC1)C(=O)NC(N)=O. The fraction of sp³-hybridized carbons (Fsp3) is 0.700. The van der Waals surface area contributed by atoms with Crippen molar-refractivity contribution in [2.75, 3.05) is 5.75 Å². The highest BCUT2D eigenvalue weighted by molar-refractivity contribution is 8.00. The summed E-state index contributed by atoms with van der Waals surface area (Å²) in [5.74, 6) is -0.627. The molecule has 1 aliphatic rings. The average Bonchev–Trinajstić information content (AvgIpc) is 2.92. The Kier molecular flexibility index (Phi) is 4.39. The minimum absolute atomic E-state index is 0.143. The van der Waals surface area contributed by atoms with Gasteiger partial charge in [-0.2, -0.15) is 0 Å². The maximum absolute atomic E-state index is 11.4. The third-order valence-electron chi connectivity index (χ3n) is 2.74. The van der Waals surface area contributed by atoms with Crippen LogP contribution in [0.4, 0.5) is 4.79 Å². The molecule has 1 aliphatic carbocycles. The minimum Gasteiger partial charge on any atom is -0.481 e. The molecule has 4 N–H and O–H groups in total. The van der Waals surface area contributed by atoms with Crippen LogP contribution < -0.4 is 11.1 Å². The van der Waals surface area contributed by atoms with Gasteiger partial charge in [0.1, 0.15) is 0 Å². The average molecular weight is 260 g/mol. The van der Waals surface area contributed by atoms with Crippen LogP contribution in [0, 0.1) is 5.41 Å². The highest BCUT2D eigenvalue weighted by atomic mass is 32.2. The van der Waals surface area contributed by atoms with Crippen molar-refractivity contribution < 1.29 is 19.5 Å². The highest BCUT2D eigenvalue weighted by Gasteiger charge is 2.44. The molecule has 0 aromatic rings. The number of primary amides is 1. The zero-order valence-corrected chi connectivity index (χ0v) is 10.4. The molecule has 1 unspecified atom stereocenters. The second kappa shape index (κ2) is 5.39. The van der Waals surface area contributed by atoms with Gasteiger partial charge in [-0.3, -0.25) is 14.9 Å². The minimum atomic E-state index is -0.867. The number of thioether (sulfide) groups is 1. The summed E-state index contributed by atoms with van der Waals surface area (Å²) >= 11 is 1.35. The Morgan fingerprint density at radius 2 is 2.06 bits per heavy atom. The van der Waals surface area contributed by atoms with Crippen molar-refractivity contribution >= 4 is 29.7 Å². The van der Waals surface area contributed by atoms with Crippen LogP contribution in [0.1, 0.15) is 26.2 Å². The molecule has 1 rings (SSSR count). The molecular weight excluding hydrogens is 244 g/mol. The smallest absolute Gasteiger partial charge is 0.318 e. The summed E-state index contributed by atoms with van der Waals surface area (Å²) in [7, 11) is 0. The van der Waals surface area contributed by atoms with Crippen LogP contribution in [0.25, 0.3) is 0 Å². The number of carbonyl (C=O) groups excluding carboxylic acids is 2. The van der Waals surface area contributed by atoms with Crippen molar-refractivity contribution in [3.05, 3.63) is 0 Å². The van der Waals surface area contributed by atoms with Gasteiger partial charge in [0.15, 0.2) is 0 Å². The molecule has 0 aliphatic heterocycles. The van der Waals surface area contributed by atoms with Gasteiger partial charge in [-0.25, -0.2) is 4.79 Å². The first-order valence-corrected chi connectivity index (χ1v) is 6.33. The molecule has 1 atom stereocenters. The first-order chi connectivity index (χ1) is 7.84. The third-order valence-corrected chi connectivity index (χ3v) is 4.23. The number of carboxylic acids is 1. The molecule has 96 valence electrons. The summed E-state index contributed by atoms with van der Waals surface area (Å²) in [5.41, 5.74) is 4.68. The number of rotatable bonds is 6. The van der Waals surface area contributed by atoms with E-state index in [1.807, 2.05) is 5.32 Å². The Balaban J connectivity index is 2.33. The van der Waals surface area contributed by atoms with E-state index in [0.29, 0.717) is 5.75 Å². The number of aliphatic carboxylic acids is 1. The fourth-order valence-electron chi connectivity index (χ4n) is 1.47. The molecule has 0 saturated heterocycles. The van der Waals surface area contributed by atoms with Gasteiger partial charge in [-0.05, 0) is 25.2 Å². The molecule has 1 saturated carbocycles. The zero-order valence-electron chi connectivity index (χ0n) is 9.56. The lowest BCUT2D eigenvalue weighted by Gasteiger charge is -2.15. The monoisotopic (exact) mass is 260 g/mol. The van der Waals surface area contributed by atoms with E-state index < -0.39 is 23.2 Å². The molecule has 17 heavy (non-hydrogen) atoms. The van der Waals surface area contributed by atoms with Crippen LogP contribution in [-0.4, -0.2) is 34.0 Å². The quantitative estimate of drug-likeness (QED) is 0.646. The van der Waals surface area contributed by atoms with Gasteiger partial charge >= 0.3 is 12.0 Å². The summed E-state index contributed by atoms with van der Waals surface area (Å²) < 4.78 is 0. The van der Waals surface area contributed by atoms with Crippen LogP contribution >= 0.6 is 11.8 Å². The summed E-state index contributed by atoms with van der Waals surface area (Å²) in [6.07, 6.45) is 1.91. The number of hydrogen-bond donors (Lipinski definition) is 3. The van der Waals surface area contributed by atoms with E-state index in [1.54, 1.807) is 6.92 Å². The molecule has 0 heterocycles. The predicted molar refractivity (Wildman–Crippen MR) is 63.6 cm³/mol. The Labute approximate surface area is 103 Å². The van der Waals surface area contributed by atoms with Gasteiger partial charge in [-0.1, -0.05) is 0 Å². The molecule has 7 heteroatoms. The Hall–Kier alpha value is -1.24. The normalized spacial score (nSPS) is 18.2. The first-order valence-electron chi connectivity index (χ1n) is 5.28. The second-order valence-corrected chi connectivity index (χ2v) is 5.71. The van der Waals surface area contributed by atoms with E-state index in [1.165, 1.54) is 11.8 Å². The number of carboxylic acid groups (broad SMARTS) is 1. The van der Waals surface area contributed by atoms with Gasteiger partial charge in [0.2, 0.25) is 5.91 Å². The van der Waals surface area contributed by atoms with Crippen molar-refractivity contribution in [2.45, 2.75) is 31.4 Å². The number of imide groups is 1. The molecule has 0 radical (unpaired) electrons. The molecule has 6 nitrogen and oxygen atoms in total. The van der Waals surface area contributed by atoms with Gasteiger partial charge in [-0.15, -0.1) is 11.8 Å². The molecular formula is C10H16N2O4S. The van der Waals surface area contributed by atoms with Gasteiger partial charge < -0.3 is 10.8 Å². The maximum atomic E-state index is 11.4. The van der Waals surface area contributed by atoms with Crippen LogP contribution in [0.3, 0.4) is 0 Å². The first kappa shape index (κ1) is 13.8. The summed E-state index contributed by atoms with van der Waals surface area (Å²) in [6.45, 7) is 1.67. The number of nitrogens with one attached hydrogen (secondary N) is 1. The standard InChI is InChI=1S/C10H16N2O4S/c1-6(8(15)12-9(11)16)17-5-10(2-3-10)4-7(13)14/h6H,2-5H2,1H3,(H,13,14)(H3,11,12,15,16). The summed E-state index contributed by atoms with van der Waals surface area (Å²) in [4.78, 5) is 32.5. The largest absolute Gasteiger partial charge is 0.481 e. The number of amides is 3. The maximum Gasteiger partial charge on any atom is 0.318 e. The van der Waals surface area contributed by atoms with Crippen molar-refractivity contribution in [3.63, 3.8) is 0 Å². The van der Waals surface area contributed by atoms with E-state index >= 15 is 0 Å². The number of carbonyl (C=O) groups is 3. The molecule has 3 amide bonds. The molecule has 1 fully saturated rings. The van der Waals surface area contributed by atoms with E-state index in [2.05, 4.69) is 0 Å². The van der Waals surface area contributed by atoms with E-state index in [0.717, 1.165) is 12.8 Å². The van der Waals surface area contributed by atoms with Gasteiger partial charge in [0.05, 0.1) is 11.7 Å². The Bertz CT molecular complexity index is 341. The molecule has 0 bridgehead atoms. The Morgan fingerprint density at radius 1 is 1.47 bits per heavy atom. The highest BCUT2D eigenvalue weighted by Crippen LogP contribution is 2.51. The van der Waals surface area contributed by atoms with E-state index in [4.69, 9.17) is 10.8 Å². The summed E-state index contributed by atoms with van der Waals surface area (Å²) in [5, 5.41) is 10.3. The van der Waals surface area contributed by atoms with Crippen LogP contribution in [0.2, 0.25) is 0 Å². The van der Waals surface area contributed by atoms with Crippen molar-refractivity contribution in [2.24, 2.45) is 11.1 Å². The molecule has 0 aromatic carbocycles. The van der Waals surface area contributed by atoms with Crippen molar-refractivity contribution in [1.29, 1.82) is 0 Å². The molecule has 0 aromatic heterocycles. The fourth-order valence-corrected chi connectivity index (χ4v) is 2.67. The lowest BCUT2D eigenvalue weighted by Crippen LogP contribution is -2.39. The van der Waals surface area contributed by atoms with E-state index in [-0.39, 0.29) is 11.8 Å². The lowest BCUT2D eigenvalue weighted by atomic mass is 10.1. The van der Waals surface area contributed by atoms with Gasteiger partial charge in [0.25, 0.3) is 0 Å². The van der Waals surface area contributed by atoms with Crippen molar-refractivity contribution in [1.82, 2.24) is 5.32 Å². The third kappa shape index (κ3) is 4.64. The van der Waals surface area contributed by atoms with E-state index in [9.17, 15) is 14.4 Å². The predicted octanol–water partition coefficient (Wildman–Crippen LogP) is 0.558. The second-order valence-electron chi connectivity index (χ2n) is 4.38. The topological polar surface area (TPSA) is 109 Å². The van der Waals surface area contributed by atoms with Crippen LogP contribution in [0.5, 0.6) is 0 Å². The lowest BCUT2D eigenvalue weighted by molar-refractivity contribution is -0.138. The zero-order chi connectivity index (χ0) is 13.1. The number of urea groups is 1. The number of hydrogen-bond acceptors (Lipinski definition) is 4. The van der Waals surface area contributed by atoms with Crippen LogP contribution in [-0.2, 0) is 9.59 Å². The summed E-state index contributed by atoms with van der Waals surface area (Å²) in [6, 6.07) is -0.867.